The molecule has 17 heavy (non-hydrogen) atoms. The van der Waals surface area contributed by atoms with E-state index >= 15 is 0 Å². The van der Waals surface area contributed by atoms with Gasteiger partial charge in [-0.3, -0.25) is 0 Å². The Kier molecular flexibility index (Phi) is 4.12. The number of hydrogen-bond acceptors (Lipinski definition) is 3. The normalized spacial score (nSPS) is 12.4. The summed E-state index contributed by atoms with van der Waals surface area (Å²) in [5, 5.41) is 14.9. The predicted molar refractivity (Wildman–Crippen MR) is 68.8 cm³/mol. The second-order valence-corrected chi connectivity index (χ2v) is 4.74. The van der Waals surface area contributed by atoms with E-state index in [1.807, 2.05) is 17.5 Å². The Hall–Kier alpha value is -1.39. The fourth-order valence-electron chi connectivity index (χ4n) is 1.57. The molecular weight excluding hydrogens is 237 g/mol. The number of rotatable bonds is 5. The van der Waals surface area contributed by atoms with Crippen molar-refractivity contribution >= 4 is 17.0 Å². The van der Waals surface area contributed by atoms with Crippen LogP contribution in [0.5, 0.6) is 0 Å². The molecule has 4 heteroatoms. The second-order valence-electron chi connectivity index (χ2n) is 3.76. The quantitative estimate of drug-likeness (QED) is 0.853. The van der Waals surface area contributed by atoms with E-state index in [1.54, 1.807) is 23.5 Å². The maximum Gasteiger partial charge on any atom is 0.125 e. The van der Waals surface area contributed by atoms with Crippen LogP contribution in [-0.2, 0) is 0 Å². The molecule has 0 aliphatic rings. The Balaban J connectivity index is 1.80. The molecule has 0 saturated heterocycles. The summed E-state index contributed by atoms with van der Waals surface area (Å²) in [6, 6.07) is 10.2. The minimum absolute atomic E-state index is 0.256. The first-order valence-corrected chi connectivity index (χ1v) is 6.34. The summed E-state index contributed by atoms with van der Waals surface area (Å²) in [4.78, 5) is 0.964. The van der Waals surface area contributed by atoms with Gasteiger partial charge in [-0.05, 0) is 36.1 Å². The number of aliphatic hydroxyl groups excluding tert-OH is 1. The van der Waals surface area contributed by atoms with Crippen LogP contribution in [0, 0.1) is 5.82 Å². The van der Waals surface area contributed by atoms with Crippen LogP contribution in [-0.4, -0.2) is 11.7 Å². The van der Waals surface area contributed by atoms with Crippen molar-refractivity contribution in [2.45, 2.75) is 12.5 Å². The molecule has 1 atom stereocenters. The largest absolute Gasteiger partial charge is 0.388 e. The number of hydrogen-bond donors (Lipinski definition) is 2. The van der Waals surface area contributed by atoms with Gasteiger partial charge in [-0.15, -0.1) is 11.3 Å². The highest BCUT2D eigenvalue weighted by Gasteiger charge is 2.07. The summed E-state index contributed by atoms with van der Waals surface area (Å²) < 4.78 is 12.9. The molecule has 1 unspecified atom stereocenters. The molecule has 90 valence electrons. The monoisotopic (exact) mass is 251 g/mol. The Labute approximate surface area is 104 Å². The third-order valence-electron chi connectivity index (χ3n) is 2.44. The summed E-state index contributed by atoms with van der Waals surface area (Å²) in [5.41, 5.74) is 0.739. The summed E-state index contributed by atoms with van der Waals surface area (Å²) in [6.45, 7) is 0.614. The number of benzene rings is 1. The molecule has 2 N–H and O–H groups in total. The number of thiophene rings is 1. The van der Waals surface area contributed by atoms with E-state index in [0.717, 1.165) is 10.6 Å². The van der Waals surface area contributed by atoms with Crippen molar-refractivity contribution in [1.29, 1.82) is 0 Å². The lowest BCUT2D eigenvalue weighted by molar-refractivity contribution is 0.175. The van der Waals surface area contributed by atoms with Crippen molar-refractivity contribution in [3.63, 3.8) is 0 Å². The fourth-order valence-corrected chi connectivity index (χ4v) is 2.32. The zero-order chi connectivity index (χ0) is 12.1. The van der Waals surface area contributed by atoms with Crippen LogP contribution >= 0.6 is 11.3 Å². The van der Waals surface area contributed by atoms with Crippen molar-refractivity contribution in [3.8, 4) is 0 Å². The molecule has 1 aromatic carbocycles. The molecule has 1 heterocycles. The lowest BCUT2D eigenvalue weighted by Crippen LogP contribution is -2.06. The van der Waals surface area contributed by atoms with Gasteiger partial charge in [0.15, 0.2) is 0 Å². The van der Waals surface area contributed by atoms with Gasteiger partial charge in [0.25, 0.3) is 0 Å². The summed E-state index contributed by atoms with van der Waals surface area (Å²) in [5.74, 6) is -0.256. The molecule has 2 nitrogen and oxygen atoms in total. The molecule has 0 aliphatic heterocycles. The van der Waals surface area contributed by atoms with Crippen molar-refractivity contribution < 1.29 is 9.50 Å². The molecular formula is C13H14FNOS. The first-order valence-electron chi connectivity index (χ1n) is 5.46. The number of halogens is 1. The molecule has 0 fully saturated rings. The summed E-state index contributed by atoms with van der Waals surface area (Å²) in [6.07, 6.45) is 0.160. The average Bonchev–Trinajstić information content (AvgIpc) is 2.82. The predicted octanol–water partition coefficient (Wildman–Crippen LogP) is 3.42. The van der Waals surface area contributed by atoms with E-state index in [2.05, 4.69) is 5.32 Å². The highest BCUT2D eigenvalue weighted by molar-refractivity contribution is 7.10. The maximum absolute atomic E-state index is 12.9. The molecule has 0 spiro atoms. The van der Waals surface area contributed by atoms with Crippen LogP contribution < -0.4 is 5.32 Å². The Morgan fingerprint density at radius 1 is 1.29 bits per heavy atom. The van der Waals surface area contributed by atoms with Gasteiger partial charge >= 0.3 is 0 Å². The first-order chi connectivity index (χ1) is 8.25. The van der Waals surface area contributed by atoms with Gasteiger partial charge in [0.1, 0.15) is 5.82 Å². The van der Waals surface area contributed by atoms with E-state index in [0.29, 0.717) is 13.0 Å². The fraction of sp³-hybridized carbons (Fsp3) is 0.231. The Morgan fingerprint density at radius 3 is 2.88 bits per heavy atom. The zero-order valence-electron chi connectivity index (χ0n) is 9.27. The second kappa shape index (κ2) is 5.80. The zero-order valence-corrected chi connectivity index (χ0v) is 10.1. The maximum atomic E-state index is 12.9. The van der Waals surface area contributed by atoms with Crippen molar-refractivity contribution in [3.05, 3.63) is 52.5 Å². The van der Waals surface area contributed by atoms with Crippen LogP contribution in [0.25, 0.3) is 0 Å². The minimum Gasteiger partial charge on any atom is -0.388 e. The lowest BCUT2D eigenvalue weighted by Gasteiger charge is -2.10. The Bertz CT molecular complexity index is 458. The van der Waals surface area contributed by atoms with Crippen LogP contribution in [0.4, 0.5) is 10.1 Å². The van der Waals surface area contributed by atoms with Crippen molar-refractivity contribution in [2.75, 3.05) is 11.9 Å². The molecule has 1 aromatic heterocycles. The molecule has 2 aromatic rings. The van der Waals surface area contributed by atoms with E-state index < -0.39 is 6.10 Å². The first kappa shape index (κ1) is 12.1. The van der Waals surface area contributed by atoms with Gasteiger partial charge in [0, 0.05) is 17.1 Å². The van der Waals surface area contributed by atoms with Gasteiger partial charge in [0.05, 0.1) is 6.10 Å². The molecule has 2 rings (SSSR count). The van der Waals surface area contributed by atoms with Gasteiger partial charge in [-0.25, -0.2) is 4.39 Å². The standard InChI is InChI=1S/C13H14FNOS/c14-10-3-1-4-11(9-10)15-7-6-12(16)13-5-2-8-17-13/h1-5,8-9,12,15-16H,6-7H2. The lowest BCUT2D eigenvalue weighted by atomic mass is 10.2. The van der Waals surface area contributed by atoms with Crippen molar-refractivity contribution in [1.82, 2.24) is 0 Å². The van der Waals surface area contributed by atoms with Crippen LogP contribution in [0.2, 0.25) is 0 Å². The third-order valence-corrected chi connectivity index (χ3v) is 3.42. The van der Waals surface area contributed by atoms with Crippen molar-refractivity contribution in [2.24, 2.45) is 0 Å². The molecule has 0 radical (unpaired) electrons. The van der Waals surface area contributed by atoms with Crippen LogP contribution in [0.1, 0.15) is 17.4 Å². The smallest absolute Gasteiger partial charge is 0.125 e. The van der Waals surface area contributed by atoms with E-state index in [-0.39, 0.29) is 5.82 Å². The number of nitrogens with one attached hydrogen (secondary N) is 1. The molecule has 0 aliphatic carbocycles. The van der Waals surface area contributed by atoms with E-state index in [9.17, 15) is 9.50 Å². The SMILES string of the molecule is OC(CCNc1cccc(F)c1)c1cccs1. The molecule has 0 amide bonds. The number of anilines is 1. The summed E-state index contributed by atoms with van der Waals surface area (Å²) in [7, 11) is 0. The third kappa shape index (κ3) is 3.54. The van der Waals surface area contributed by atoms with Gasteiger partial charge < -0.3 is 10.4 Å². The molecule has 0 bridgehead atoms. The minimum atomic E-state index is -0.448. The number of aliphatic hydroxyl groups is 1. The van der Waals surface area contributed by atoms with Gasteiger partial charge in [0.2, 0.25) is 0 Å². The highest BCUT2D eigenvalue weighted by atomic mass is 32.1. The summed E-state index contributed by atoms with van der Waals surface area (Å²) >= 11 is 1.54. The Morgan fingerprint density at radius 2 is 2.18 bits per heavy atom. The van der Waals surface area contributed by atoms with E-state index in [1.165, 1.54) is 12.1 Å². The van der Waals surface area contributed by atoms with Gasteiger partial charge in [-0.1, -0.05) is 12.1 Å². The van der Waals surface area contributed by atoms with Gasteiger partial charge in [-0.2, -0.15) is 0 Å². The van der Waals surface area contributed by atoms with E-state index in [4.69, 9.17) is 0 Å². The van der Waals surface area contributed by atoms with Crippen LogP contribution in [0.3, 0.4) is 0 Å². The topological polar surface area (TPSA) is 32.3 Å². The molecule has 0 saturated carbocycles. The van der Waals surface area contributed by atoms with Crippen LogP contribution in [0.15, 0.2) is 41.8 Å². The highest BCUT2D eigenvalue weighted by Crippen LogP contribution is 2.21. The average molecular weight is 251 g/mol.